The normalized spacial score (nSPS) is 15.1. The lowest BCUT2D eigenvalue weighted by atomic mass is 10.1. The third kappa shape index (κ3) is 6.69. The average molecular weight is 474 g/mol. The number of nitrogens with zero attached hydrogens (tertiary/aromatic N) is 1. The van der Waals surface area contributed by atoms with Gasteiger partial charge >= 0.3 is 0 Å². The van der Waals surface area contributed by atoms with Crippen LogP contribution in [0.2, 0.25) is 5.02 Å². The van der Waals surface area contributed by atoms with Crippen LogP contribution < -0.4 is 15.4 Å². The number of carbonyl (C=O) groups excluding carboxylic acids is 3. The first kappa shape index (κ1) is 24.5. The van der Waals surface area contributed by atoms with Crippen molar-refractivity contribution in [3.8, 4) is 5.75 Å². The van der Waals surface area contributed by atoms with Gasteiger partial charge in [-0.3, -0.25) is 14.4 Å². The standard InChI is InChI=1S/C24H28ClN3O5/c1-3-28(4-2)22(29)15-33-20-11-10-18(14-19(20)25)26-23(30)16-7-5-8-17(13-16)27-24(31)21-9-6-12-32-21/h5,7-8,10-11,13-14,21H,3-4,6,9,12,15H2,1-2H3,(H,26,30)(H,27,31)/t21-/m0/s1. The van der Waals surface area contributed by atoms with Crippen molar-refractivity contribution in [1.29, 1.82) is 0 Å². The molecular weight excluding hydrogens is 446 g/mol. The summed E-state index contributed by atoms with van der Waals surface area (Å²) in [5.74, 6) is -0.342. The van der Waals surface area contributed by atoms with Gasteiger partial charge in [0.25, 0.3) is 17.7 Å². The Labute approximate surface area is 198 Å². The molecule has 33 heavy (non-hydrogen) atoms. The maximum absolute atomic E-state index is 12.7. The van der Waals surface area contributed by atoms with E-state index in [-0.39, 0.29) is 29.4 Å². The first-order chi connectivity index (χ1) is 15.9. The van der Waals surface area contributed by atoms with Crippen LogP contribution >= 0.6 is 11.6 Å². The van der Waals surface area contributed by atoms with Gasteiger partial charge in [-0.15, -0.1) is 0 Å². The Balaban J connectivity index is 1.59. The molecule has 1 fully saturated rings. The molecule has 0 radical (unpaired) electrons. The topological polar surface area (TPSA) is 97.0 Å². The summed E-state index contributed by atoms with van der Waals surface area (Å²) in [7, 11) is 0. The van der Waals surface area contributed by atoms with E-state index in [1.54, 1.807) is 47.4 Å². The number of amides is 3. The van der Waals surface area contributed by atoms with Crippen molar-refractivity contribution in [2.75, 3.05) is 36.9 Å². The Morgan fingerprint density at radius 3 is 2.52 bits per heavy atom. The van der Waals surface area contributed by atoms with Gasteiger partial charge in [0.1, 0.15) is 11.9 Å². The third-order valence-electron chi connectivity index (χ3n) is 5.27. The molecule has 176 valence electrons. The van der Waals surface area contributed by atoms with E-state index in [4.69, 9.17) is 21.1 Å². The molecule has 3 amide bonds. The fourth-order valence-corrected chi connectivity index (χ4v) is 3.69. The second-order valence-corrected chi connectivity index (χ2v) is 7.93. The monoisotopic (exact) mass is 473 g/mol. The second-order valence-electron chi connectivity index (χ2n) is 7.53. The maximum atomic E-state index is 12.7. The quantitative estimate of drug-likeness (QED) is 0.574. The Hall–Kier alpha value is -3.10. The van der Waals surface area contributed by atoms with Crippen molar-refractivity contribution >= 4 is 40.7 Å². The fourth-order valence-electron chi connectivity index (χ4n) is 3.45. The number of rotatable bonds is 9. The average Bonchev–Trinajstić information content (AvgIpc) is 3.35. The van der Waals surface area contributed by atoms with E-state index >= 15 is 0 Å². The lowest BCUT2D eigenvalue weighted by molar-refractivity contribution is -0.133. The molecule has 0 spiro atoms. The van der Waals surface area contributed by atoms with Gasteiger partial charge in [-0.2, -0.15) is 0 Å². The molecule has 2 aromatic carbocycles. The third-order valence-corrected chi connectivity index (χ3v) is 5.57. The van der Waals surface area contributed by atoms with E-state index in [0.29, 0.717) is 48.8 Å². The summed E-state index contributed by atoms with van der Waals surface area (Å²) in [6, 6.07) is 11.5. The van der Waals surface area contributed by atoms with Crippen molar-refractivity contribution in [2.24, 2.45) is 0 Å². The highest BCUT2D eigenvalue weighted by Gasteiger charge is 2.23. The molecule has 0 aliphatic carbocycles. The molecule has 2 N–H and O–H groups in total. The fraction of sp³-hybridized carbons (Fsp3) is 0.375. The molecule has 3 rings (SSSR count). The maximum Gasteiger partial charge on any atom is 0.260 e. The summed E-state index contributed by atoms with van der Waals surface area (Å²) >= 11 is 6.27. The Morgan fingerprint density at radius 1 is 1.09 bits per heavy atom. The van der Waals surface area contributed by atoms with E-state index in [1.165, 1.54) is 0 Å². The van der Waals surface area contributed by atoms with E-state index in [1.807, 2.05) is 13.8 Å². The molecule has 0 unspecified atom stereocenters. The minimum absolute atomic E-state index is 0.114. The summed E-state index contributed by atoms with van der Waals surface area (Å²) < 4.78 is 10.9. The molecule has 0 bridgehead atoms. The van der Waals surface area contributed by atoms with Crippen molar-refractivity contribution in [3.63, 3.8) is 0 Å². The number of hydrogen-bond donors (Lipinski definition) is 2. The van der Waals surface area contributed by atoms with Crippen LogP contribution in [0.1, 0.15) is 37.0 Å². The summed E-state index contributed by atoms with van der Waals surface area (Å²) in [5, 5.41) is 5.83. The van der Waals surface area contributed by atoms with Gasteiger partial charge in [0.05, 0.1) is 5.02 Å². The summed E-state index contributed by atoms with van der Waals surface area (Å²) in [6.07, 6.45) is 1.10. The molecule has 1 aliphatic rings. The number of halogens is 1. The Kier molecular flexibility index (Phi) is 8.68. The lowest BCUT2D eigenvalue weighted by Crippen LogP contribution is -2.34. The molecule has 2 aromatic rings. The van der Waals surface area contributed by atoms with E-state index < -0.39 is 6.10 Å². The minimum Gasteiger partial charge on any atom is -0.482 e. The van der Waals surface area contributed by atoms with Crippen LogP contribution in [0, 0.1) is 0 Å². The number of carbonyl (C=O) groups is 3. The highest BCUT2D eigenvalue weighted by molar-refractivity contribution is 6.32. The largest absolute Gasteiger partial charge is 0.482 e. The predicted octanol–water partition coefficient (Wildman–Crippen LogP) is 3.96. The zero-order valence-corrected chi connectivity index (χ0v) is 19.5. The SMILES string of the molecule is CCN(CC)C(=O)COc1ccc(NC(=O)c2cccc(NC(=O)[C@@H]3CCCO3)c2)cc1Cl. The van der Waals surface area contributed by atoms with Crippen molar-refractivity contribution in [3.05, 3.63) is 53.1 Å². The van der Waals surface area contributed by atoms with Gasteiger partial charge < -0.3 is 25.0 Å². The zero-order chi connectivity index (χ0) is 23.8. The van der Waals surface area contributed by atoms with E-state index in [0.717, 1.165) is 6.42 Å². The lowest BCUT2D eigenvalue weighted by Gasteiger charge is -2.19. The van der Waals surface area contributed by atoms with Crippen LogP contribution in [0.5, 0.6) is 5.75 Å². The van der Waals surface area contributed by atoms with Crippen LogP contribution in [0.25, 0.3) is 0 Å². The highest BCUT2D eigenvalue weighted by atomic mass is 35.5. The van der Waals surface area contributed by atoms with Crippen LogP contribution in [0.15, 0.2) is 42.5 Å². The molecular formula is C24H28ClN3O5. The molecule has 1 heterocycles. The summed E-state index contributed by atoms with van der Waals surface area (Å²) in [5.41, 5.74) is 1.37. The van der Waals surface area contributed by atoms with Gasteiger partial charge in [0.2, 0.25) is 0 Å². The molecule has 0 aromatic heterocycles. The molecule has 1 aliphatic heterocycles. The summed E-state index contributed by atoms with van der Waals surface area (Å²) in [4.78, 5) is 38.7. The molecule has 8 nitrogen and oxygen atoms in total. The Bertz CT molecular complexity index is 1000. The van der Waals surface area contributed by atoms with Crippen LogP contribution in [-0.2, 0) is 14.3 Å². The number of anilines is 2. The molecule has 9 heteroatoms. The van der Waals surface area contributed by atoms with Gasteiger partial charge in [-0.05, 0) is 63.1 Å². The number of likely N-dealkylation sites (N-methyl/N-ethyl adjacent to an activating group) is 1. The Morgan fingerprint density at radius 2 is 1.85 bits per heavy atom. The zero-order valence-electron chi connectivity index (χ0n) is 18.7. The van der Waals surface area contributed by atoms with Gasteiger partial charge in [-0.1, -0.05) is 17.7 Å². The van der Waals surface area contributed by atoms with Crippen LogP contribution in [0.3, 0.4) is 0 Å². The second kappa shape index (κ2) is 11.7. The van der Waals surface area contributed by atoms with E-state index in [9.17, 15) is 14.4 Å². The van der Waals surface area contributed by atoms with E-state index in [2.05, 4.69) is 10.6 Å². The number of nitrogens with one attached hydrogen (secondary N) is 2. The minimum atomic E-state index is -0.451. The van der Waals surface area contributed by atoms with Gasteiger partial charge in [-0.25, -0.2) is 0 Å². The van der Waals surface area contributed by atoms with Gasteiger partial charge in [0.15, 0.2) is 6.61 Å². The predicted molar refractivity (Wildman–Crippen MR) is 127 cm³/mol. The van der Waals surface area contributed by atoms with Crippen LogP contribution in [-0.4, -0.2) is 55.0 Å². The van der Waals surface area contributed by atoms with Crippen LogP contribution in [0.4, 0.5) is 11.4 Å². The highest BCUT2D eigenvalue weighted by Crippen LogP contribution is 2.28. The summed E-state index contributed by atoms with van der Waals surface area (Å²) in [6.45, 7) is 5.49. The van der Waals surface area contributed by atoms with Crippen molar-refractivity contribution in [1.82, 2.24) is 4.90 Å². The first-order valence-corrected chi connectivity index (χ1v) is 11.3. The number of hydrogen-bond acceptors (Lipinski definition) is 5. The van der Waals surface area contributed by atoms with Crippen molar-refractivity contribution in [2.45, 2.75) is 32.8 Å². The van der Waals surface area contributed by atoms with Gasteiger partial charge in [0, 0.05) is 36.6 Å². The molecule has 1 saturated heterocycles. The molecule has 1 atom stereocenters. The number of ether oxygens (including phenoxy) is 2. The first-order valence-electron chi connectivity index (χ1n) is 10.9. The molecule has 0 saturated carbocycles. The number of benzene rings is 2. The van der Waals surface area contributed by atoms with Crippen molar-refractivity contribution < 1.29 is 23.9 Å². The smallest absolute Gasteiger partial charge is 0.260 e.